The summed E-state index contributed by atoms with van der Waals surface area (Å²) in [6.07, 6.45) is 1.28. The van der Waals surface area contributed by atoms with Gasteiger partial charge in [-0.05, 0) is 0 Å². The minimum atomic E-state index is -1.32. The highest BCUT2D eigenvalue weighted by atomic mass is 16.4. The topological polar surface area (TPSA) is 152 Å². The van der Waals surface area contributed by atoms with E-state index in [-0.39, 0.29) is 5.69 Å². The summed E-state index contributed by atoms with van der Waals surface area (Å²) in [5.41, 5.74) is 5.17. The number of aromatic nitrogens is 3. The van der Waals surface area contributed by atoms with E-state index >= 15 is 0 Å². The number of nitrogens with zero attached hydrogens (tertiary/aromatic N) is 4. The van der Waals surface area contributed by atoms with E-state index in [2.05, 4.69) is 10.3 Å². The first-order valence-corrected chi connectivity index (χ1v) is 5.27. The molecular formula is C9H13N5O5. The van der Waals surface area contributed by atoms with Crippen LogP contribution < -0.4 is 5.73 Å². The second-order valence-corrected chi connectivity index (χ2v) is 3.60. The van der Waals surface area contributed by atoms with Gasteiger partial charge in [0, 0.05) is 6.54 Å². The van der Waals surface area contributed by atoms with Crippen molar-refractivity contribution in [2.75, 3.05) is 19.6 Å². The lowest BCUT2D eigenvalue weighted by Crippen LogP contribution is -2.39. The van der Waals surface area contributed by atoms with Crippen LogP contribution in [0.1, 0.15) is 10.5 Å². The monoisotopic (exact) mass is 271 g/mol. The summed E-state index contributed by atoms with van der Waals surface area (Å²) in [6.45, 7) is -0.813. The smallest absolute Gasteiger partial charge is 0.323 e. The van der Waals surface area contributed by atoms with Crippen LogP contribution in [0.5, 0.6) is 0 Å². The van der Waals surface area contributed by atoms with Gasteiger partial charge in [-0.25, -0.2) is 0 Å². The molecule has 0 aromatic carbocycles. The van der Waals surface area contributed by atoms with Gasteiger partial charge in [0.1, 0.15) is 13.1 Å². The number of carboxylic acids is 2. The van der Waals surface area contributed by atoms with E-state index in [9.17, 15) is 14.4 Å². The van der Waals surface area contributed by atoms with Gasteiger partial charge in [-0.3, -0.25) is 19.1 Å². The molecule has 0 radical (unpaired) electrons. The Bertz CT molecular complexity index is 469. The van der Waals surface area contributed by atoms with Crippen LogP contribution in [0.2, 0.25) is 0 Å². The molecule has 19 heavy (non-hydrogen) atoms. The molecule has 0 saturated carbocycles. The van der Waals surface area contributed by atoms with E-state index in [0.29, 0.717) is 18.0 Å². The van der Waals surface area contributed by atoms with E-state index in [1.165, 1.54) is 10.9 Å². The van der Waals surface area contributed by atoms with Gasteiger partial charge in [0.05, 0.1) is 12.7 Å². The van der Waals surface area contributed by atoms with Gasteiger partial charge >= 0.3 is 11.9 Å². The number of rotatable bonds is 7. The van der Waals surface area contributed by atoms with Crippen LogP contribution in [0.25, 0.3) is 0 Å². The summed E-state index contributed by atoms with van der Waals surface area (Å²) < 4.78 is 1.31. The van der Waals surface area contributed by atoms with Crippen molar-refractivity contribution in [3.63, 3.8) is 0 Å². The molecule has 4 N–H and O–H groups in total. The maximum absolute atomic E-state index is 11.9. The summed E-state index contributed by atoms with van der Waals surface area (Å²) in [6, 6.07) is 0. The van der Waals surface area contributed by atoms with Crippen LogP contribution >= 0.6 is 0 Å². The lowest BCUT2D eigenvalue weighted by Gasteiger charge is -2.16. The van der Waals surface area contributed by atoms with Crippen molar-refractivity contribution >= 4 is 17.8 Å². The normalized spacial score (nSPS) is 10.2. The second kappa shape index (κ2) is 6.44. The van der Waals surface area contributed by atoms with Crippen LogP contribution in [0.4, 0.5) is 0 Å². The predicted molar refractivity (Wildman–Crippen MR) is 60.3 cm³/mol. The fourth-order valence-electron chi connectivity index (χ4n) is 1.33. The molecule has 1 rings (SSSR count). The molecule has 0 bridgehead atoms. The zero-order valence-corrected chi connectivity index (χ0v) is 9.89. The van der Waals surface area contributed by atoms with Gasteiger partial charge in [-0.2, -0.15) is 0 Å². The van der Waals surface area contributed by atoms with E-state index < -0.39 is 30.9 Å². The standard InChI is InChI=1S/C9H13N5O5/c10-1-2-14-3-6(11-12-14)9(19)13(4-7(15)16)5-8(17)18/h3H,1-2,4-5,10H2,(H,15,16)(H,17,18). The van der Waals surface area contributed by atoms with Gasteiger partial charge in [0.2, 0.25) is 0 Å². The number of aliphatic carboxylic acids is 2. The largest absolute Gasteiger partial charge is 0.480 e. The van der Waals surface area contributed by atoms with Gasteiger partial charge in [0.15, 0.2) is 5.69 Å². The first-order valence-electron chi connectivity index (χ1n) is 5.27. The third kappa shape index (κ3) is 4.35. The number of carbonyl (C=O) groups is 3. The Morgan fingerprint density at radius 2 is 1.84 bits per heavy atom. The van der Waals surface area contributed by atoms with Crippen molar-refractivity contribution in [3.8, 4) is 0 Å². The van der Waals surface area contributed by atoms with Crippen molar-refractivity contribution in [1.82, 2.24) is 19.9 Å². The highest BCUT2D eigenvalue weighted by Crippen LogP contribution is 2.01. The molecule has 0 saturated heterocycles. The summed E-state index contributed by atoms with van der Waals surface area (Å²) >= 11 is 0. The number of carbonyl (C=O) groups excluding carboxylic acids is 1. The molecular weight excluding hydrogens is 258 g/mol. The molecule has 0 aliphatic carbocycles. The molecule has 1 heterocycles. The number of hydrogen-bond donors (Lipinski definition) is 3. The maximum atomic E-state index is 11.9. The van der Waals surface area contributed by atoms with Crippen molar-refractivity contribution in [2.45, 2.75) is 6.54 Å². The average molecular weight is 271 g/mol. The van der Waals surface area contributed by atoms with E-state index in [4.69, 9.17) is 15.9 Å². The minimum Gasteiger partial charge on any atom is -0.480 e. The van der Waals surface area contributed by atoms with Crippen LogP contribution in [0, 0.1) is 0 Å². The number of hydrogen-bond acceptors (Lipinski definition) is 6. The third-order valence-corrected chi connectivity index (χ3v) is 2.06. The number of nitrogens with two attached hydrogens (primary N) is 1. The lowest BCUT2D eigenvalue weighted by atomic mass is 10.3. The molecule has 1 aromatic heterocycles. The Morgan fingerprint density at radius 3 is 2.32 bits per heavy atom. The van der Waals surface area contributed by atoms with Gasteiger partial charge in [-0.1, -0.05) is 5.21 Å². The first kappa shape index (κ1) is 14.6. The molecule has 0 aliphatic heterocycles. The molecule has 0 spiro atoms. The average Bonchev–Trinajstić information content (AvgIpc) is 2.75. The molecule has 0 unspecified atom stereocenters. The molecule has 10 nitrogen and oxygen atoms in total. The first-order chi connectivity index (χ1) is 8.93. The van der Waals surface area contributed by atoms with Crippen LogP contribution in [-0.2, 0) is 16.1 Å². The van der Waals surface area contributed by atoms with Crippen LogP contribution in [0.15, 0.2) is 6.20 Å². The highest BCUT2D eigenvalue weighted by molar-refractivity contribution is 5.95. The summed E-state index contributed by atoms with van der Waals surface area (Å²) in [5.74, 6) is -3.44. The third-order valence-electron chi connectivity index (χ3n) is 2.06. The predicted octanol–water partition coefficient (Wildman–Crippen LogP) is -2.15. The molecule has 104 valence electrons. The molecule has 1 amide bonds. The molecule has 10 heteroatoms. The Kier molecular flexibility index (Phi) is 4.94. The summed E-state index contributed by atoms with van der Waals surface area (Å²) in [5, 5.41) is 24.4. The SMILES string of the molecule is NCCn1cc(C(=O)N(CC(=O)O)CC(=O)O)nn1. The van der Waals surface area contributed by atoms with Crippen molar-refractivity contribution in [1.29, 1.82) is 0 Å². The fraction of sp³-hybridized carbons (Fsp3) is 0.444. The van der Waals surface area contributed by atoms with Gasteiger partial charge < -0.3 is 20.8 Å². The van der Waals surface area contributed by atoms with Crippen LogP contribution in [-0.4, -0.2) is 67.6 Å². The number of carboxylic acid groups (broad SMARTS) is 2. The van der Waals surface area contributed by atoms with Crippen molar-refractivity contribution < 1.29 is 24.6 Å². The molecule has 0 atom stereocenters. The van der Waals surface area contributed by atoms with Crippen LogP contribution in [0.3, 0.4) is 0 Å². The Labute approximate surface area is 107 Å². The lowest BCUT2D eigenvalue weighted by molar-refractivity contribution is -0.140. The second-order valence-electron chi connectivity index (χ2n) is 3.60. The Morgan fingerprint density at radius 1 is 1.26 bits per heavy atom. The van der Waals surface area contributed by atoms with Crippen molar-refractivity contribution in [3.05, 3.63) is 11.9 Å². The fourth-order valence-corrected chi connectivity index (χ4v) is 1.33. The zero-order valence-electron chi connectivity index (χ0n) is 9.89. The maximum Gasteiger partial charge on any atom is 0.323 e. The quantitative estimate of drug-likeness (QED) is 0.507. The molecule has 0 fully saturated rings. The Balaban J connectivity index is 2.84. The van der Waals surface area contributed by atoms with E-state index in [0.717, 1.165) is 0 Å². The molecule has 1 aromatic rings. The van der Waals surface area contributed by atoms with E-state index in [1.807, 2.05) is 0 Å². The minimum absolute atomic E-state index is 0.129. The van der Waals surface area contributed by atoms with E-state index in [1.54, 1.807) is 0 Å². The molecule has 0 aliphatic rings. The van der Waals surface area contributed by atoms with Gasteiger partial charge in [-0.15, -0.1) is 5.10 Å². The number of amides is 1. The highest BCUT2D eigenvalue weighted by Gasteiger charge is 2.23. The van der Waals surface area contributed by atoms with Gasteiger partial charge in [0.25, 0.3) is 5.91 Å². The van der Waals surface area contributed by atoms with Crippen molar-refractivity contribution in [2.24, 2.45) is 5.73 Å². The zero-order chi connectivity index (χ0) is 14.4. The summed E-state index contributed by atoms with van der Waals surface area (Å²) in [7, 11) is 0. The summed E-state index contributed by atoms with van der Waals surface area (Å²) in [4.78, 5) is 33.7. The Hall–Kier alpha value is -2.49.